The van der Waals surface area contributed by atoms with Gasteiger partial charge in [0.05, 0.1) is 23.0 Å². The van der Waals surface area contributed by atoms with Gasteiger partial charge in [-0.2, -0.15) is 0 Å². The molecule has 3 nitrogen and oxygen atoms in total. The molecule has 3 heteroatoms. The van der Waals surface area contributed by atoms with Crippen molar-refractivity contribution in [3.8, 4) is 0 Å². The second-order valence-electron chi connectivity index (χ2n) is 5.39. The Morgan fingerprint density at radius 2 is 2.05 bits per heavy atom. The highest BCUT2D eigenvalue weighted by Gasteiger charge is 2.30. The van der Waals surface area contributed by atoms with Crippen molar-refractivity contribution in [3.63, 3.8) is 0 Å². The third kappa shape index (κ3) is 1.97. The monoisotopic (exact) mass is 266 g/mol. The zero-order valence-corrected chi connectivity index (χ0v) is 11.8. The van der Waals surface area contributed by atoms with E-state index in [0.29, 0.717) is 0 Å². The Morgan fingerprint density at radius 3 is 2.75 bits per heavy atom. The van der Waals surface area contributed by atoms with Gasteiger partial charge in [0, 0.05) is 18.7 Å². The molecule has 3 rings (SSSR count). The Bertz CT molecular complexity index is 653. The first-order valence-corrected chi connectivity index (χ1v) is 6.96. The summed E-state index contributed by atoms with van der Waals surface area (Å²) in [4.78, 5) is 16.7. The van der Waals surface area contributed by atoms with E-state index in [4.69, 9.17) is 0 Å². The van der Waals surface area contributed by atoms with Gasteiger partial charge in [0.25, 0.3) is 0 Å². The van der Waals surface area contributed by atoms with E-state index in [-0.39, 0.29) is 12.0 Å². The number of benzene rings is 1. The Morgan fingerprint density at radius 1 is 1.30 bits per heavy atom. The first-order valence-electron chi connectivity index (χ1n) is 6.96. The summed E-state index contributed by atoms with van der Waals surface area (Å²) in [7, 11) is 0. The molecule has 2 aromatic rings. The van der Waals surface area contributed by atoms with Crippen LogP contribution in [0.4, 0.5) is 5.69 Å². The van der Waals surface area contributed by atoms with Crippen molar-refractivity contribution < 1.29 is 4.79 Å². The molecule has 0 fully saturated rings. The lowest BCUT2D eigenvalue weighted by Gasteiger charge is -2.37. The number of carbonyl (C=O) groups excluding carboxylic acids is 1. The van der Waals surface area contributed by atoms with E-state index in [9.17, 15) is 4.79 Å². The molecule has 2 atom stereocenters. The van der Waals surface area contributed by atoms with Crippen molar-refractivity contribution in [1.29, 1.82) is 0 Å². The molecular formula is C17H18N2O. The van der Waals surface area contributed by atoms with Gasteiger partial charge in [-0.25, -0.2) is 4.79 Å². The molecule has 102 valence electrons. The summed E-state index contributed by atoms with van der Waals surface area (Å²) in [5.41, 5.74) is 4.05. The van der Waals surface area contributed by atoms with Crippen molar-refractivity contribution >= 4 is 17.2 Å². The predicted octanol–water partition coefficient (Wildman–Crippen LogP) is 3.45. The van der Waals surface area contributed by atoms with Crippen LogP contribution in [0.25, 0.3) is 5.57 Å². The van der Waals surface area contributed by atoms with E-state index >= 15 is 0 Å². The number of anilines is 1. The number of hydrogen-bond donors (Lipinski definition) is 1. The Kier molecular flexibility index (Phi) is 3.21. The number of fused-ring (bicyclic) bond motifs is 1. The maximum Gasteiger partial charge on any atom is 0.130 e. The van der Waals surface area contributed by atoms with E-state index in [1.165, 1.54) is 5.56 Å². The average Bonchev–Trinajstić information content (AvgIpc) is 2.96. The number of nitrogens with zero attached hydrogens (tertiary/aromatic N) is 1. The molecule has 0 saturated carbocycles. The second-order valence-corrected chi connectivity index (χ2v) is 5.39. The lowest BCUT2D eigenvalue weighted by Crippen LogP contribution is -2.35. The van der Waals surface area contributed by atoms with Gasteiger partial charge in [-0.1, -0.05) is 37.3 Å². The molecule has 1 aromatic carbocycles. The highest BCUT2D eigenvalue weighted by molar-refractivity contribution is 5.93. The van der Waals surface area contributed by atoms with Crippen LogP contribution in [0.3, 0.4) is 0 Å². The molecule has 0 spiro atoms. The second kappa shape index (κ2) is 5.03. The van der Waals surface area contributed by atoms with Crippen LogP contribution >= 0.6 is 0 Å². The fraction of sp³-hybridized carbons (Fsp3) is 0.294. The summed E-state index contributed by atoms with van der Waals surface area (Å²) in [5, 5.41) is 0. The molecule has 0 bridgehead atoms. The molecule has 0 saturated heterocycles. The number of hydrogen-bond acceptors (Lipinski definition) is 2. The lowest BCUT2D eigenvalue weighted by atomic mass is 9.92. The third-order valence-electron chi connectivity index (χ3n) is 4.13. The van der Waals surface area contributed by atoms with Crippen LogP contribution in [0.15, 0.2) is 42.6 Å². The molecule has 1 aliphatic rings. The van der Waals surface area contributed by atoms with Gasteiger partial charge in [-0.3, -0.25) is 0 Å². The summed E-state index contributed by atoms with van der Waals surface area (Å²) < 4.78 is 0. The third-order valence-corrected chi connectivity index (χ3v) is 4.13. The Hall–Kier alpha value is -2.25. The molecule has 1 N–H and O–H groups in total. The van der Waals surface area contributed by atoms with Crippen LogP contribution in [-0.4, -0.2) is 17.5 Å². The zero-order chi connectivity index (χ0) is 14.1. The molecule has 2 unspecified atom stereocenters. The Balaban J connectivity index is 2.02. The van der Waals surface area contributed by atoms with Gasteiger partial charge in [0.1, 0.15) is 5.94 Å². The molecule has 1 aliphatic heterocycles. The molecule has 20 heavy (non-hydrogen) atoms. The standard InChI is InChI=1S/C17H18N2O/c1-12-10-19(13(2)14-6-4-3-5-7-14)16-8-9-18-17(16)15(12)11-20/h3-9,12-13,18H,10H2,1-2H3. The van der Waals surface area contributed by atoms with E-state index in [1.807, 2.05) is 18.3 Å². The van der Waals surface area contributed by atoms with Crippen LogP contribution < -0.4 is 4.90 Å². The van der Waals surface area contributed by atoms with Crippen LogP contribution in [0.1, 0.15) is 31.1 Å². The highest BCUT2D eigenvalue weighted by Crippen LogP contribution is 2.39. The zero-order valence-electron chi connectivity index (χ0n) is 11.8. The SMILES string of the molecule is CC1CN(C(C)c2ccccc2)c2cc[nH]c2C1=C=O. The highest BCUT2D eigenvalue weighted by atomic mass is 16.1. The molecule has 2 heterocycles. The van der Waals surface area contributed by atoms with E-state index in [2.05, 4.69) is 53.9 Å². The molecule has 0 aliphatic carbocycles. The first kappa shape index (κ1) is 12.8. The molecule has 0 amide bonds. The number of aromatic nitrogens is 1. The summed E-state index contributed by atoms with van der Waals surface area (Å²) in [6, 6.07) is 12.8. The fourth-order valence-electron chi connectivity index (χ4n) is 2.98. The van der Waals surface area contributed by atoms with E-state index in [0.717, 1.165) is 23.5 Å². The summed E-state index contributed by atoms with van der Waals surface area (Å²) in [5.74, 6) is 2.29. The fourth-order valence-corrected chi connectivity index (χ4v) is 2.98. The normalized spacial score (nSPS) is 19.4. The predicted molar refractivity (Wildman–Crippen MR) is 81.3 cm³/mol. The van der Waals surface area contributed by atoms with Gasteiger partial charge < -0.3 is 9.88 Å². The summed E-state index contributed by atoms with van der Waals surface area (Å²) >= 11 is 0. The molecule has 0 radical (unpaired) electrons. The smallest absolute Gasteiger partial charge is 0.130 e. The van der Waals surface area contributed by atoms with Crippen LogP contribution in [0.5, 0.6) is 0 Å². The van der Waals surface area contributed by atoms with Gasteiger partial charge in [0.2, 0.25) is 0 Å². The number of nitrogens with one attached hydrogen (secondary N) is 1. The van der Waals surface area contributed by atoms with Crippen molar-refractivity contribution in [3.05, 3.63) is 53.9 Å². The van der Waals surface area contributed by atoms with Gasteiger partial charge in [0.15, 0.2) is 0 Å². The minimum atomic E-state index is 0.185. The average molecular weight is 266 g/mol. The summed E-state index contributed by atoms with van der Waals surface area (Å²) in [6.07, 6.45) is 1.89. The van der Waals surface area contributed by atoms with Gasteiger partial charge in [-0.05, 0) is 18.6 Å². The Labute approximate surface area is 118 Å². The van der Waals surface area contributed by atoms with Crippen LogP contribution in [0, 0.1) is 5.92 Å². The maximum atomic E-state index is 11.2. The topological polar surface area (TPSA) is 36.1 Å². The number of rotatable bonds is 2. The quantitative estimate of drug-likeness (QED) is 0.845. The van der Waals surface area contributed by atoms with Gasteiger partial charge in [-0.15, -0.1) is 0 Å². The maximum absolute atomic E-state index is 11.2. The van der Waals surface area contributed by atoms with Crippen LogP contribution in [-0.2, 0) is 4.79 Å². The first-order chi connectivity index (χ1) is 9.72. The van der Waals surface area contributed by atoms with E-state index < -0.39 is 0 Å². The van der Waals surface area contributed by atoms with Crippen molar-refractivity contribution in [2.75, 3.05) is 11.4 Å². The number of aromatic amines is 1. The van der Waals surface area contributed by atoms with Crippen molar-refractivity contribution in [2.45, 2.75) is 19.9 Å². The minimum Gasteiger partial charge on any atom is -0.362 e. The van der Waals surface area contributed by atoms with E-state index in [1.54, 1.807) is 0 Å². The summed E-state index contributed by atoms with van der Waals surface area (Å²) in [6.45, 7) is 5.12. The largest absolute Gasteiger partial charge is 0.362 e. The van der Waals surface area contributed by atoms with Crippen molar-refractivity contribution in [1.82, 2.24) is 4.98 Å². The van der Waals surface area contributed by atoms with Gasteiger partial charge >= 0.3 is 0 Å². The molecule has 1 aromatic heterocycles. The van der Waals surface area contributed by atoms with Crippen LogP contribution in [0.2, 0.25) is 0 Å². The lowest BCUT2D eigenvalue weighted by molar-refractivity contribution is 0.561. The minimum absolute atomic E-state index is 0.185. The van der Waals surface area contributed by atoms with Crippen molar-refractivity contribution in [2.24, 2.45) is 5.92 Å². The molecular weight excluding hydrogens is 248 g/mol. The number of H-pyrrole nitrogens is 1.